The van der Waals surface area contributed by atoms with Crippen LogP contribution in [0.4, 0.5) is 5.69 Å². The van der Waals surface area contributed by atoms with Crippen molar-refractivity contribution in [3.8, 4) is 5.75 Å². The van der Waals surface area contributed by atoms with Crippen LogP contribution in [0.5, 0.6) is 5.75 Å². The minimum atomic E-state index is -1.13. The molecule has 0 aliphatic heterocycles. The van der Waals surface area contributed by atoms with Gasteiger partial charge in [0.2, 0.25) is 0 Å². The van der Waals surface area contributed by atoms with Gasteiger partial charge in [-0.3, -0.25) is 4.79 Å². The number of rotatable bonds is 6. The van der Waals surface area contributed by atoms with Crippen molar-refractivity contribution >= 4 is 23.5 Å². The van der Waals surface area contributed by atoms with Crippen LogP contribution in [-0.2, 0) is 9.53 Å². The van der Waals surface area contributed by atoms with Crippen LogP contribution in [0, 0.1) is 6.92 Å². The molecule has 25 heavy (non-hydrogen) atoms. The van der Waals surface area contributed by atoms with Gasteiger partial charge >= 0.3 is 11.9 Å². The molecule has 2 N–H and O–H groups in total. The number of esters is 1. The lowest BCUT2D eigenvalue weighted by Gasteiger charge is -2.10. The molecule has 0 aromatic heterocycles. The summed E-state index contributed by atoms with van der Waals surface area (Å²) in [6.07, 6.45) is 0. The number of anilines is 1. The predicted molar refractivity (Wildman–Crippen MR) is 90.0 cm³/mol. The SMILES string of the molecule is COC(=O)c1ccc(NC(=O)COc2cc(C)ccc2C(=O)O)cc1. The lowest BCUT2D eigenvalue weighted by molar-refractivity contribution is -0.118. The van der Waals surface area contributed by atoms with Gasteiger partial charge in [-0.05, 0) is 48.9 Å². The Morgan fingerprint density at radius 1 is 1.08 bits per heavy atom. The minimum absolute atomic E-state index is 0.0131. The first kappa shape index (κ1) is 18.0. The van der Waals surface area contributed by atoms with Gasteiger partial charge in [0.25, 0.3) is 5.91 Å². The van der Waals surface area contributed by atoms with Crippen molar-refractivity contribution in [2.24, 2.45) is 0 Å². The number of aryl methyl sites for hydroxylation is 1. The number of carboxylic acid groups (broad SMARTS) is 1. The number of hydrogen-bond acceptors (Lipinski definition) is 5. The van der Waals surface area contributed by atoms with Gasteiger partial charge in [-0.25, -0.2) is 9.59 Å². The first-order valence-electron chi connectivity index (χ1n) is 7.35. The van der Waals surface area contributed by atoms with Gasteiger partial charge in [-0.15, -0.1) is 0 Å². The number of amides is 1. The van der Waals surface area contributed by atoms with E-state index >= 15 is 0 Å². The summed E-state index contributed by atoms with van der Waals surface area (Å²) < 4.78 is 9.92. The Morgan fingerprint density at radius 3 is 2.36 bits per heavy atom. The maximum absolute atomic E-state index is 12.0. The zero-order valence-corrected chi connectivity index (χ0v) is 13.7. The van der Waals surface area contributed by atoms with Gasteiger partial charge in [-0.2, -0.15) is 0 Å². The highest BCUT2D eigenvalue weighted by Gasteiger charge is 2.13. The molecule has 1 amide bonds. The number of carboxylic acids is 1. The van der Waals surface area contributed by atoms with Crippen LogP contribution < -0.4 is 10.1 Å². The van der Waals surface area contributed by atoms with Crippen molar-refractivity contribution in [2.45, 2.75) is 6.92 Å². The first-order chi connectivity index (χ1) is 11.9. The maximum Gasteiger partial charge on any atom is 0.339 e. The summed E-state index contributed by atoms with van der Waals surface area (Å²) in [5.41, 5.74) is 1.64. The van der Waals surface area contributed by atoms with E-state index in [0.717, 1.165) is 5.56 Å². The van der Waals surface area contributed by atoms with Gasteiger partial charge < -0.3 is 19.9 Å². The monoisotopic (exact) mass is 343 g/mol. The molecule has 2 aromatic rings. The van der Waals surface area contributed by atoms with Crippen molar-refractivity contribution in [1.29, 1.82) is 0 Å². The van der Waals surface area contributed by atoms with E-state index in [1.165, 1.54) is 25.3 Å². The van der Waals surface area contributed by atoms with Crippen LogP contribution in [0.15, 0.2) is 42.5 Å². The van der Waals surface area contributed by atoms with E-state index in [1.807, 2.05) is 0 Å². The lowest BCUT2D eigenvalue weighted by Crippen LogP contribution is -2.21. The maximum atomic E-state index is 12.0. The second-order valence-corrected chi connectivity index (χ2v) is 5.21. The van der Waals surface area contributed by atoms with E-state index in [2.05, 4.69) is 10.1 Å². The number of hydrogen-bond donors (Lipinski definition) is 2. The molecule has 0 fully saturated rings. The van der Waals surface area contributed by atoms with Crippen molar-refractivity contribution in [3.63, 3.8) is 0 Å². The molecular weight excluding hydrogens is 326 g/mol. The Kier molecular flexibility index (Phi) is 5.73. The highest BCUT2D eigenvalue weighted by Crippen LogP contribution is 2.20. The summed E-state index contributed by atoms with van der Waals surface area (Å²) in [5.74, 6) is -1.93. The quantitative estimate of drug-likeness (QED) is 0.781. The number of aromatic carboxylic acids is 1. The first-order valence-corrected chi connectivity index (χ1v) is 7.35. The largest absolute Gasteiger partial charge is 0.483 e. The number of benzene rings is 2. The fraction of sp³-hybridized carbons (Fsp3) is 0.167. The fourth-order valence-corrected chi connectivity index (χ4v) is 2.07. The lowest BCUT2D eigenvalue weighted by atomic mass is 10.1. The van der Waals surface area contributed by atoms with Crippen LogP contribution in [0.3, 0.4) is 0 Å². The van der Waals surface area contributed by atoms with Gasteiger partial charge in [0.1, 0.15) is 11.3 Å². The molecule has 0 aliphatic rings. The summed E-state index contributed by atoms with van der Waals surface area (Å²) in [6, 6.07) is 10.8. The third kappa shape index (κ3) is 4.81. The van der Waals surface area contributed by atoms with Crippen molar-refractivity contribution in [2.75, 3.05) is 19.0 Å². The number of carbonyl (C=O) groups is 3. The van der Waals surface area contributed by atoms with Crippen LogP contribution in [0.25, 0.3) is 0 Å². The van der Waals surface area contributed by atoms with Crippen LogP contribution in [0.1, 0.15) is 26.3 Å². The van der Waals surface area contributed by atoms with E-state index in [1.54, 1.807) is 31.2 Å². The average molecular weight is 343 g/mol. The van der Waals surface area contributed by atoms with Crippen molar-refractivity contribution < 1.29 is 29.0 Å². The van der Waals surface area contributed by atoms with E-state index in [4.69, 9.17) is 9.84 Å². The normalized spacial score (nSPS) is 10.0. The molecule has 130 valence electrons. The molecule has 2 rings (SSSR count). The highest BCUT2D eigenvalue weighted by molar-refractivity contribution is 5.94. The number of nitrogens with one attached hydrogen (secondary N) is 1. The summed E-state index contributed by atoms with van der Waals surface area (Å²) in [7, 11) is 1.28. The average Bonchev–Trinajstić information content (AvgIpc) is 2.59. The van der Waals surface area contributed by atoms with Crippen LogP contribution in [-0.4, -0.2) is 36.7 Å². The molecule has 0 atom stereocenters. The third-order valence-electron chi connectivity index (χ3n) is 3.32. The molecule has 0 heterocycles. The van der Waals surface area contributed by atoms with Crippen molar-refractivity contribution in [1.82, 2.24) is 0 Å². The molecule has 0 radical (unpaired) electrons. The number of methoxy groups -OCH3 is 1. The minimum Gasteiger partial charge on any atom is -0.483 e. The van der Waals surface area contributed by atoms with Gasteiger partial charge in [0.05, 0.1) is 12.7 Å². The molecule has 0 aliphatic carbocycles. The Hall–Kier alpha value is -3.35. The molecule has 7 heteroatoms. The summed E-state index contributed by atoms with van der Waals surface area (Å²) in [6.45, 7) is 1.45. The molecule has 0 saturated carbocycles. The van der Waals surface area contributed by atoms with E-state index in [9.17, 15) is 14.4 Å². The molecule has 7 nitrogen and oxygen atoms in total. The van der Waals surface area contributed by atoms with Crippen LogP contribution >= 0.6 is 0 Å². The molecule has 0 spiro atoms. The zero-order chi connectivity index (χ0) is 18.4. The number of ether oxygens (including phenoxy) is 2. The summed E-state index contributed by atoms with van der Waals surface area (Å²) >= 11 is 0. The Morgan fingerprint density at radius 2 is 1.76 bits per heavy atom. The Balaban J connectivity index is 1.98. The van der Waals surface area contributed by atoms with E-state index < -0.39 is 17.8 Å². The van der Waals surface area contributed by atoms with Crippen molar-refractivity contribution in [3.05, 3.63) is 59.2 Å². The topological polar surface area (TPSA) is 102 Å². The molecule has 2 aromatic carbocycles. The molecule has 0 unspecified atom stereocenters. The van der Waals surface area contributed by atoms with E-state index in [0.29, 0.717) is 11.3 Å². The fourth-order valence-electron chi connectivity index (χ4n) is 2.07. The Labute approximate surface area is 144 Å². The van der Waals surface area contributed by atoms with Gasteiger partial charge in [0, 0.05) is 5.69 Å². The number of carbonyl (C=O) groups excluding carboxylic acids is 2. The second-order valence-electron chi connectivity index (χ2n) is 5.21. The van der Waals surface area contributed by atoms with E-state index in [-0.39, 0.29) is 17.9 Å². The Bertz CT molecular complexity index is 798. The molecule has 0 bridgehead atoms. The zero-order valence-electron chi connectivity index (χ0n) is 13.7. The summed E-state index contributed by atoms with van der Waals surface area (Å²) in [4.78, 5) is 34.5. The van der Waals surface area contributed by atoms with Crippen LogP contribution in [0.2, 0.25) is 0 Å². The predicted octanol–water partition coefficient (Wildman–Crippen LogP) is 2.50. The molecular formula is C18H17NO6. The van der Waals surface area contributed by atoms with Gasteiger partial charge in [-0.1, -0.05) is 6.07 Å². The smallest absolute Gasteiger partial charge is 0.339 e. The summed E-state index contributed by atoms with van der Waals surface area (Å²) in [5, 5.41) is 11.7. The highest BCUT2D eigenvalue weighted by atomic mass is 16.5. The second kappa shape index (κ2) is 7.96. The van der Waals surface area contributed by atoms with Gasteiger partial charge in [0.15, 0.2) is 6.61 Å². The third-order valence-corrected chi connectivity index (χ3v) is 3.32. The standard InChI is InChI=1S/C18H17NO6/c1-11-3-8-14(17(21)22)15(9-11)25-10-16(20)19-13-6-4-12(5-7-13)18(23)24-2/h3-9H,10H2,1-2H3,(H,19,20)(H,21,22). The molecule has 0 saturated heterocycles.